The summed E-state index contributed by atoms with van der Waals surface area (Å²) >= 11 is 0. The molecule has 2 N–H and O–H groups in total. The highest BCUT2D eigenvalue weighted by Crippen LogP contribution is 2.26. The van der Waals surface area contributed by atoms with Gasteiger partial charge >= 0.3 is 0 Å². The van der Waals surface area contributed by atoms with Gasteiger partial charge in [0, 0.05) is 18.8 Å². The Hall–Kier alpha value is -2.02. The largest absolute Gasteiger partial charge is 0.371 e. The molecular formula is C14H17N3O. The van der Waals surface area contributed by atoms with Crippen LogP contribution in [0.2, 0.25) is 0 Å². The fraction of sp³-hybridized carbons (Fsp3) is 0.429. The molecule has 1 aromatic rings. The van der Waals surface area contributed by atoms with Crippen molar-refractivity contribution in [1.29, 1.82) is 5.26 Å². The Kier molecular flexibility index (Phi) is 3.52. The normalized spacial score (nSPS) is 19.3. The standard InChI is InChI=1S/C14H17N3O/c1-10-7-11(8-15)4-5-13(10)17-6-2-3-12(9-17)14(16)18/h4-5,7,12H,2-3,6,9H2,1H3,(H2,16,18). The Bertz CT molecular complexity index is 504. The number of amides is 1. The second-order valence-corrected chi connectivity index (χ2v) is 4.80. The number of aryl methyl sites for hydroxylation is 1. The maximum absolute atomic E-state index is 11.3. The molecule has 1 aliphatic heterocycles. The van der Waals surface area contributed by atoms with Crippen molar-refractivity contribution in [3.05, 3.63) is 29.3 Å². The van der Waals surface area contributed by atoms with Crippen molar-refractivity contribution in [3.8, 4) is 6.07 Å². The van der Waals surface area contributed by atoms with E-state index < -0.39 is 0 Å². The molecule has 4 nitrogen and oxygen atoms in total. The van der Waals surface area contributed by atoms with Gasteiger partial charge in [-0.2, -0.15) is 5.26 Å². The molecule has 1 aromatic carbocycles. The highest BCUT2D eigenvalue weighted by molar-refractivity contribution is 5.77. The summed E-state index contributed by atoms with van der Waals surface area (Å²) in [5.74, 6) is -0.278. The molecule has 4 heteroatoms. The zero-order valence-corrected chi connectivity index (χ0v) is 10.5. The van der Waals surface area contributed by atoms with Crippen molar-refractivity contribution in [2.45, 2.75) is 19.8 Å². The predicted molar refractivity (Wildman–Crippen MR) is 70.0 cm³/mol. The first-order valence-corrected chi connectivity index (χ1v) is 6.17. The van der Waals surface area contributed by atoms with E-state index in [9.17, 15) is 4.79 Å². The van der Waals surface area contributed by atoms with E-state index in [0.717, 1.165) is 30.6 Å². The molecule has 1 heterocycles. The third-order valence-corrected chi connectivity index (χ3v) is 3.49. The number of piperidine rings is 1. The quantitative estimate of drug-likeness (QED) is 0.857. The van der Waals surface area contributed by atoms with Gasteiger partial charge in [0.25, 0.3) is 0 Å². The van der Waals surface area contributed by atoms with E-state index in [-0.39, 0.29) is 11.8 Å². The Balaban J connectivity index is 2.21. The lowest BCUT2D eigenvalue weighted by molar-refractivity contribution is -0.122. The van der Waals surface area contributed by atoms with E-state index in [1.165, 1.54) is 0 Å². The molecule has 1 unspecified atom stereocenters. The second-order valence-electron chi connectivity index (χ2n) is 4.80. The average Bonchev–Trinajstić information content (AvgIpc) is 2.38. The number of carbonyl (C=O) groups excluding carboxylic acids is 1. The molecule has 0 bridgehead atoms. The van der Waals surface area contributed by atoms with E-state index in [0.29, 0.717) is 12.1 Å². The van der Waals surface area contributed by atoms with Crippen molar-refractivity contribution < 1.29 is 4.79 Å². The molecule has 1 amide bonds. The Morgan fingerprint density at radius 3 is 2.94 bits per heavy atom. The summed E-state index contributed by atoms with van der Waals surface area (Å²) in [6, 6.07) is 7.78. The summed E-state index contributed by atoms with van der Waals surface area (Å²) < 4.78 is 0. The summed E-state index contributed by atoms with van der Waals surface area (Å²) in [6.45, 7) is 3.61. The van der Waals surface area contributed by atoms with Crippen LogP contribution in [0.3, 0.4) is 0 Å². The van der Waals surface area contributed by atoms with Gasteiger partial charge in [0.15, 0.2) is 0 Å². The number of benzene rings is 1. The van der Waals surface area contributed by atoms with Gasteiger partial charge in [0.05, 0.1) is 17.6 Å². The van der Waals surface area contributed by atoms with Gasteiger partial charge in [0.2, 0.25) is 5.91 Å². The Morgan fingerprint density at radius 1 is 1.56 bits per heavy atom. The molecule has 0 saturated carbocycles. The monoisotopic (exact) mass is 243 g/mol. The van der Waals surface area contributed by atoms with Crippen LogP contribution in [-0.4, -0.2) is 19.0 Å². The summed E-state index contributed by atoms with van der Waals surface area (Å²) in [6.07, 6.45) is 1.86. The molecule has 18 heavy (non-hydrogen) atoms. The predicted octanol–water partition coefficient (Wildman–Crippen LogP) is 1.57. The Morgan fingerprint density at radius 2 is 2.33 bits per heavy atom. The molecule has 94 valence electrons. The molecule has 1 atom stereocenters. The van der Waals surface area contributed by atoms with Crippen molar-refractivity contribution in [2.24, 2.45) is 11.7 Å². The number of rotatable bonds is 2. The zero-order valence-electron chi connectivity index (χ0n) is 10.5. The molecule has 1 saturated heterocycles. The van der Waals surface area contributed by atoms with E-state index in [4.69, 9.17) is 11.0 Å². The number of carbonyl (C=O) groups is 1. The zero-order chi connectivity index (χ0) is 13.1. The SMILES string of the molecule is Cc1cc(C#N)ccc1N1CCCC(C(N)=O)C1. The summed E-state index contributed by atoms with van der Waals surface area (Å²) in [4.78, 5) is 13.5. The number of hydrogen-bond acceptors (Lipinski definition) is 3. The minimum absolute atomic E-state index is 0.0613. The molecule has 0 aromatic heterocycles. The van der Waals surface area contributed by atoms with Crippen LogP contribution in [0.1, 0.15) is 24.0 Å². The highest BCUT2D eigenvalue weighted by atomic mass is 16.1. The molecule has 0 spiro atoms. The molecule has 1 aliphatic rings. The first-order chi connectivity index (χ1) is 8.61. The lowest BCUT2D eigenvalue weighted by Gasteiger charge is -2.34. The minimum Gasteiger partial charge on any atom is -0.371 e. The van der Waals surface area contributed by atoms with Crippen LogP contribution >= 0.6 is 0 Å². The number of primary amides is 1. The maximum atomic E-state index is 11.3. The van der Waals surface area contributed by atoms with Crippen molar-refractivity contribution in [1.82, 2.24) is 0 Å². The van der Waals surface area contributed by atoms with Crippen molar-refractivity contribution >= 4 is 11.6 Å². The maximum Gasteiger partial charge on any atom is 0.222 e. The number of anilines is 1. The van der Waals surface area contributed by atoms with E-state index >= 15 is 0 Å². The fourth-order valence-electron chi connectivity index (χ4n) is 2.51. The minimum atomic E-state index is -0.217. The van der Waals surface area contributed by atoms with Crippen LogP contribution in [0.15, 0.2) is 18.2 Å². The van der Waals surface area contributed by atoms with Crippen LogP contribution in [0.4, 0.5) is 5.69 Å². The van der Waals surface area contributed by atoms with E-state index in [1.807, 2.05) is 25.1 Å². The van der Waals surface area contributed by atoms with Crippen LogP contribution in [0.5, 0.6) is 0 Å². The van der Waals surface area contributed by atoms with Crippen LogP contribution in [-0.2, 0) is 4.79 Å². The molecule has 0 aliphatic carbocycles. The number of hydrogen-bond donors (Lipinski definition) is 1. The average molecular weight is 243 g/mol. The summed E-state index contributed by atoms with van der Waals surface area (Å²) in [5, 5.41) is 8.85. The van der Waals surface area contributed by atoms with Crippen LogP contribution in [0, 0.1) is 24.2 Å². The molecule has 1 fully saturated rings. The third-order valence-electron chi connectivity index (χ3n) is 3.49. The fourth-order valence-corrected chi connectivity index (χ4v) is 2.51. The van der Waals surface area contributed by atoms with Crippen LogP contribution in [0.25, 0.3) is 0 Å². The van der Waals surface area contributed by atoms with Gasteiger partial charge in [-0.25, -0.2) is 0 Å². The van der Waals surface area contributed by atoms with Crippen molar-refractivity contribution in [2.75, 3.05) is 18.0 Å². The second kappa shape index (κ2) is 5.09. The lowest BCUT2D eigenvalue weighted by atomic mass is 9.96. The number of nitrogens with zero attached hydrogens (tertiary/aromatic N) is 2. The summed E-state index contributed by atoms with van der Waals surface area (Å²) in [5.41, 5.74) is 8.21. The first kappa shape index (κ1) is 12.4. The molecule has 2 rings (SSSR count). The lowest BCUT2D eigenvalue weighted by Crippen LogP contribution is -2.41. The van der Waals surface area contributed by atoms with Gasteiger partial charge in [-0.3, -0.25) is 4.79 Å². The van der Waals surface area contributed by atoms with Crippen molar-refractivity contribution in [3.63, 3.8) is 0 Å². The van der Waals surface area contributed by atoms with Crippen LogP contribution < -0.4 is 10.6 Å². The number of nitriles is 1. The van der Waals surface area contributed by atoms with E-state index in [1.54, 1.807) is 0 Å². The van der Waals surface area contributed by atoms with Gasteiger partial charge < -0.3 is 10.6 Å². The Labute approximate surface area is 107 Å². The smallest absolute Gasteiger partial charge is 0.222 e. The van der Waals surface area contributed by atoms with E-state index in [2.05, 4.69) is 11.0 Å². The number of nitrogens with two attached hydrogens (primary N) is 1. The van der Waals surface area contributed by atoms with Gasteiger partial charge in [0.1, 0.15) is 0 Å². The molecule has 0 radical (unpaired) electrons. The van der Waals surface area contributed by atoms with Gasteiger partial charge in [-0.15, -0.1) is 0 Å². The first-order valence-electron chi connectivity index (χ1n) is 6.17. The third kappa shape index (κ3) is 2.45. The highest BCUT2D eigenvalue weighted by Gasteiger charge is 2.24. The molecular weight excluding hydrogens is 226 g/mol. The topological polar surface area (TPSA) is 70.1 Å². The van der Waals surface area contributed by atoms with Gasteiger partial charge in [-0.1, -0.05) is 0 Å². The van der Waals surface area contributed by atoms with Gasteiger partial charge in [-0.05, 0) is 43.5 Å². The summed E-state index contributed by atoms with van der Waals surface area (Å²) in [7, 11) is 0.